The first-order valence-electron chi connectivity index (χ1n) is 22.0. The van der Waals surface area contributed by atoms with Gasteiger partial charge in [0, 0.05) is 6.42 Å². The fourth-order valence-corrected chi connectivity index (χ4v) is 6.67. The van der Waals surface area contributed by atoms with E-state index in [2.05, 4.69) is 55.6 Å². The maximum Gasteiger partial charge on any atom is 0.472 e. The summed E-state index contributed by atoms with van der Waals surface area (Å²) in [5.74, 6) is -0.198. The molecule has 0 aliphatic rings. The molecule has 0 fully saturated rings. The lowest BCUT2D eigenvalue weighted by atomic mass is 10.1. The van der Waals surface area contributed by atoms with Crippen molar-refractivity contribution in [3.63, 3.8) is 0 Å². The normalized spacial score (nSPS) is 14.9. The van der Waals surface area contributed by atoms with Crippen LogP contribution < -0.4 is 5.32 Å². The van der Waals surface area contributed by atoms with Gasteiger partial charge in [-0.25, -0.2) is 4.57 Å². The summed E-state index contributed by atoms with van der Waals surface area (Å²) in [7, 11) is 1.54. The number of nitrogens with one attached hydrogen (secondary N) is 1. The molecule has 0 saturated heterocycles. The molecular weight excluding hydrogens is 695 g/mol. The van der Waals surface area contributed by atoms with Gasteiger partial charge >= 0.3 is 7.82 Å². The number of rotatable bonds is 39. The molecule has 8 nitrogen and oxygen atoms in total. The van der Waals surface area contributed by atoms with E-state index in [0.717, 1.165) is 51.4 Å². The van der Waals surface area contributed by atoms with Gasteiger partial charge in [-0.2, -0.15) is 0 Å². The summed E-state index contributed by atoms with van der Waals surface area (Å²) in [4.78, 5) is 23.1. The Morgan fingerprint density at radius 3 is 1.54 bits per heavy atom. The SMILES string of the molecule is CCCC/C=C/CC/C=C/CC/C=C/C(O)C(COP(=O)(O)OCC[N+](C)(C)C)NC(=O)CCCCCCCCC/C=C\CCCCCCCCCCC. The highest BCUT2D eigenvalue weighted by Gasteiger charge is 2.27. The lowest BCUT2D eigenvalue weighted by Gasteiger charge is -2.25. The number of hydrogen-bond donors (Lipinski definition) is 3. The first-order chi connectivity index (χ1) is 26.0. The number of aliphatic hydroxyl groups excluding tert-OH is 1. The maximum absolute atomic E-state index is 12.8. The van der Waals surface area contributed by atoms with Gasteiger partial charge in [-0.15, -0.1) is 0 Å². The summed E-state index contributed by atoms with van der Waals surface area (Å²) in [6.45, 7) is 4.72. The number of phosphoric ester groups is 1. The fourth-order valence-electron chi connectivity index (χ4n) is 5.93. The van der Waals surface area contributed by atoms with Crippen molar-refractivity contribution in [3.8, 4) is 0 Å². The molecular formula is C45H86N2O6P+. The third kappa shape index (κ3) is 38.7. The molecule has 0 heterocycles. The van der Waals surface area contributed by atoms with Crippen molar-refractivity contribution in [1.29, 1.82) is 0 Å². The second kappa shape index (κ2) is 37.1. The number of phosphoric acid groups is 1. The predicted octanol–water partition coefficient (Wildman–Crippen LogP) is 12.1. The van der Waals surface area contributed by atoms with Crippen molar-refractivity contribution in [3.05, 3.63) is 48.6 Å². The molecule has 0 aromatic carbocycles. The lowest BCUT2D eigenvalue weighted by molar-refractivity contribution is -0.870. The zero-order valence-corrected chi connectivity index (χ0v) is 36.6. The topological polar surface area (TPSA) is 105 Å². The second-order valence-corrected chi connectivity index (χ2v) is 17.5. The third-order valence-electron chi connectivity index (χ3n) is 9.50. The minimum absolute atomic E-state index is 0.0515. The highest BCUT2D eigenvalue weighted by Crippen LogP contribution is 2.43. The van der Waals surface area contributed by atoms with Crippen molar-refractivity contribution in [2.45, 2.75) is 193 Å². The summed E-state index contributed by atoms with van der Waals surface area (Å²) in [6, 6.07) is -0.870. The molecule has 0 radical (unpaired) electrons. The van der Waals surface area contributed by atoms with E-state index in [1.807, 2.05) is 27.2 Å². The molecule has 0 rings (SSSR count). The number of carbonyl (C=O) groups excluding carboxylic acids is 1. The Hall–Kier alpha value is -1.54. The number of carbonyl (C=O) groups is 1. The van der Waals surface area contributed by atoms with Crippen molar-refractivity contribution in [2.24, 2.45) is 0 Å². The van der Waals surface area contributed by atoms with E-state index in [-0.39, 0.29) is 19.1 Å². The van der Waals surface area contributed by atoms with Crippen LogP contribution in [0.15, 0.2) is 48.6 Å². The van der Waals surface area contributed by atoms with Gasteiger partial charge < -0.3 is 19.8 Å². The number of unbranched alkanes of at least 4 members (excludes halogenated alkanes) is 20. The first kappa shape index (κ1) is 52.5. The van der Waals surface area contributed by atoms with E-state index in [4.69, 9.17) is 9.05 Å². The highest BCUT2D eigenvalue weighted by atomic mass is 31.2. The largest absolute Gasteiger partial charge is 0.472 e. The van der Waals surface area contributed by atoms with Gasteiger partial charge in [0.2, 0.25) is 5.91 Å². The molecule has 0 saturated carbocycles. The minimum atomic E-state index is -4.35. The Morgan fingerprint density at radius 2 is 1.04 bits per heavy atom. The molecule has 0 aliphatic heterocycles. The zero-order valence-electron chi connectivity index (χ0n) is 35.7. The van der Waals surface area contributed by atoms with Crippen LogP contribution in [0.2, 0.25) is 0 Å². The van der Waals surface area contributed by atoms with Gasteiger partial charge in [-0.05, 0) is 64.2 Å². The van der Waals surface area contributed by atoms with Gasteiger partial charge in [0.25, 0.3) is 0 Å². The Morgan fingerprint density at radius 1 is 0.611 bits per heavy atom. The number of likely N-dealkylation sites (N-methyl/N-ethyl adjacent to an activating group) is 1. The number of hydrogen-bond acceptors (Lipinski definition) is 5. The van der Waals surface area contributed by atoms with Crippen molar-refractivity contribution >= 4 is 13.7 Å². The molecule has 9 heteroatoms. The quantitative estimate of drug-likeness (QED) is 0.0248. The van der Waals surface area contributed by atoms with Crippen molar-refractivity contribution in [2.75, 3.05) is 40.9 Å². The third-order valence-corrected chi connectivity index (χ3v) is 10.5. The molecule has 0 aromatic heterocycles. The standard InChI is InChI=1S/C45H85N2O6P/c1-6-8-10-12-14-16-18-20-21-22-23-24-25-26-27-29-31-33-35-37-39-45(49)46-43(42-53-54(50,51)52-41-40-47(3,4)5)44(48)38-36-34-32-30-28-19-17-15-13-11-9-7-2/h13,15,23-24,28,30,36,38,43-44,48H,6-12,14,16-22,25-27,29,31-35,37,39-42H2,1-5H3,(H-,46,49,50,51)/p+1/b15-13+,24-23-,30-28+,38-36+. The van der Waals surface area contributed by atoms with Crippen LogP contribution in [-0.4, -0.2) is 73.4 Å². The molecule has 3 N–H and O–H groups in total. The molecule has 0 bridgehead atoms. The zero-order chi connectivity index (χ0) is 40.0. The monoisotopic (exact) mass is 782 g/mol. The second-order valence-electron chi connectivity index (χ2n) is 16.0. The molecule has 0 aliphatic carbocycles. The van der Waals surface area contributed by atoms with E-state index in [0.29, 0.717) is 17.4 Å². The van der Waals surface area contributed by atoms with Crippen molar-refractivity contribution < 1.29 is 32.9 Å². The molecule has 0 aromatic rings. The van der Waals surface area contributed by atoms with E-state index in [1.54, 1.807) is 6.08 Å². The number of nitrogens with zero attached hydrogens (tertiary/aromatic N) is 1. The first-order valence-corrected chi connectivity index (χ1v) is 23.5. The number of allylic oxidation sites excluding steroid dienone is 7. The Kier molecular flexibility index (Phi) is 36.0. The van der Waals surface area contributed by atoms with E-state index in [1.165, 1.54) is 109 Å². The number of amides is 1. The molecule has 316 valence electrons. The van der Waals surface area contributed by atoms with E-state index < -0.39 is 20.0 Å². The Labute approximate surface area is 333 Å². The predicted molar refractivity (Wildman–Crippen MR) is 231 cm³/mol. The Bertz CT molecular complexity index is 1020. The van der Waals surface area contributed by atoms with Crippen LogP contribution >= 0.6 is 7.82 Å². The van der Waals surface area contributed by atoms with E-state index >= 15 is 0 Å². The fraction of sp³-hybridized carbons (Fsp3) is 0.800. The van der Waals surface area contributed by atoms with Crippen LogP contribution in [0.25, 0.3) is 0 Å². The molecule has 1 amide bonds. The summed E-state index contributed by atoms with van der Waals surface area (Å²) in [5, 5.41) is 13.8. The van der Waals surface area contributed by atoms with Crippen LogP contribution in [0.3, 0.4) is 0 Å². The van der Waals surface area contributed by atoms with Gasteiger partial charge in [0.15, 0.2) is 0 Å². The molecule has 3 atom stereocenters. The smallest absolute Gasteiger partial charge is 0.387 e. The summed E-state index contributed by atoms with van der Waals surface area (Å²) < 4.78 is 23.5. The average molecular weight is 782 g/mol. The van der Waals surface area contributed by atoms with Crippen LogP contribution in [0.4, 0.5) is 0 Å². The van der Waals surface area contributed by atoms with Gasteiger partial charge in [0.05, 0.1) is 39.9 Å². The van der Waals surface area contributed by atoms with E-state index in [9.17, 15) is 19.4 Å². The summed E-state index contributed by atoms with van der Waals surface area (Å²) in [5.41, 5.74) is 0. The minimum Gasteiger partial charge on any atom is -0.387 e. The van der Waals surface area contributed by atoms with Crippen molar-refractivity contribution in [1.82, 2.24) is 5.32 Å². The Balaban J connectivity index is 4.41. The van der Waals surface area contributed by atoms with Gasteiger partial charge in [-0.3, -0.25) is 13.8 Å². The lowest BCUT2D eigenvalue weighted by Crippen LogP contribution is -2.45. The molecule has 0 spiro atoms. The summed E-state index contributed by atoms with van der Waals surface area (Å²) in [6.07, 6.45) is 46.1. The van der Waals surface area contributed by atoms with Crippen LogP contribution in [0, 0.1) is 0 Å². The summed E-state index contributed by atoms with van der Waals surface area (Å²) >= 11 is 0. The number of quaternary nitrogens is 1. The molecule has 3 unspecified atom stereocenters. The van der Waals surface area contributed by atoms with Crippen LogP contribution in [0.5, 0.6) is 0 Å². The van der Waals surface area contributed by atoms with Crippen LogP contribution in [-0.2, 0) is 18.4 Å². The van der Waals surface area contributed by atoms with Crippen LogP contribution in [0.1, 0.15) is 181 Å². The van der Waals surface area contributed by atoms with Gasteiger partial charge in [0.1, 0.15) is 13.2 Å². The number of aliphatic hydroxyl groups is 1. The maximum atomic E-state index is 12.8. The average Bonchev–Trinajstić information content (AvgIpc) is 3.12. The highest BCUT2D eigenvalue weighted by molar-refractivity contribution is 7.47. The van der Waals surface area contributed by atoms with Gasteiger partial charge in [-0.1, -0.05) is 159 Å². The molecule has 54 heavy (non-hydrogen) atoms.